The minimum atomic E-state index is 0.423. The van der Waals surface area contributed by atoms with E-state index in [9.17, 15) is 0 Å². The SMILES string of the molecule is COc1cc2c(N3C[C@@H]4[C@H](C3)[C@H]3CC[C@@H]4O3)ncnc2c(OC)c1OC. The molecule has 0 unspecified atom stereocenters. The quantitative estimate of drug-likeness (QED) is 0.831. The summed E-state index contributed by atoms with van der Waals surface area (Å²) in [7, 11) is 4.85. The summed E-state index contributed by atoms with van der Waals surface area (Å²) in [5, 5.41) is 0.926. The molecule has 0 N–H and O–H groups in total. The number of aromatic nitrogens is 2. The van der Waals surface area contributed by atoms with Gasteiger partial charge in [0.25, 0.3) is 0 Å². The van der Waals surface area contributed by atoms with Gasteiger partial charge in [0.05, 0.1) is 38.9 Å². The predicted octanol–water partition coefficient (Wildman–Crippen LogP) is 2.27. The van der Waals surface area contributed by atoms with Crippen LogP contribution in [0.1, 0.15) is 12.8 Å². The summed E-state index contributed by atoms with van der Waals surface area (Å²) in [4.78, 5) is 11.4. The Hall–Kier alpha value is -2.28. The predicted molar refractivity (Wildman–Crippen MR) is 96.3 cm³/mol. The second-order valence-electron chi connectivity index (χ2n) is 7.26. The van der Waals surface area contributed by atoms with Gasteiger partial charge in [-0.15, -0.1) is 0 Å². The second kappa shape index (κ2) is 5.87. The summed E-state index contributed by atoms with van der Waals surface area (Å²) in [6, 6.07) is 1.95. The lowest BCUT2D eigenvalue weighted by Crippen LogP contribution is -2.25. The van der Waals surface area contributed by atoms with Crippen molar-refractivity contribution in [1.29, 1.82) is 0 Å². The van der Waals surface area contributed by atoms with Crippen LogP contribution in [0.4, 0.5) is 5.82 Å². The normalized spacial score (nSPS) is 29.3. The van der Waals surface area contributed by atoms with Gasteiger partial charge in [-0.1, -0.05) is 0 Å². The zero-order chi connectivity index (χ0) is 17.8. The first kappa shape index (κ1) is 15.9. The maximum Gasteiger partial charge on any atom is 0.205 e. The summed E-state index contributed by atoms with van der Waals surface area (Å²) in [5.41, 5.74) is 0.742. The molecule has 138 valence electrons. The van der Waals surface area contributed by atoms with E-state index in [0.29, 0.717) is 41.3 Å². The fourth-order valence-corrected chi connectivity index (χ4v) is 5.04. The van der Waals surface area contributed by atoms with Gasteiger partial charge in [0.1, 0.15) is 17.7 Å². The van der Waals surface area contributed by atoms with Gasteiger partial charge >= 0.3 is 0 Å². The van der Waals surface area contributed by atoms with E-state index in [0.717, 1.165) is 29.8 Å². The van der Waals surface area contributed by atoms with Crippen LogP contribution >= 0.6 is 0 Å². The molecular formula is C19H23N3O4. The molecule has 2 aromatic rings. The Labute approximate surface area is 152 Å². The lowest BCUT2D eigenvalue weighted by Gasteiger charge is -2.22. The number of benzene rings is 1. The number of anilines is 1. The lowest BCUT2D eigenvalue weighted by atomic mass is 9.82. The summed E-state index contributed by atoms with van der Waals surface area (Å²) in [6.45, 7) is 1.96. The third-order valence-electron chi connectivity index (χ3n) is 6.16. The van der Waals surface area contributed by atoms with Crippen molar-refractivity contribution in [2.75, 3.05) is 39.3 Å². The maximum atomic E-state index is 6.10. The highest BCUT2D eigenvalue weighted by atomic mass is 16.5. The van der Waals surface area contributed by atoms with Crippen molar-refractivity contribution in [1.82, 2.24) is 9.97 Å². The smallest absolute Gasteiger partial charge is 0.205 e. The van der Waals surface area contributed by atoms with Crippen molar-refractivity contribution in [2.24, 2.45) is 11.8 Å². The molecule has 0 amide bonds. The van der Waals surface area contributed by atoms with Crippen molar-refractivity contribution in [3.8, 4) is 17.2 Å². The molecule has 1 aromatic heterocycles. The van der Waals surface area contributed by atoms with Gasteiger partial charge in [-0.3, -0.25) is 0 Å². The molecule has 3 aliphatic rings. The largest absolute Gasteiger partial charge is 0.493 e. The minimum absolute atomic E-state index is 0.423. The Kier molecular flexibility index (Phi) is 3.60. The lowest BCUT2D eigenvalue weighted by molar-refractivity contribution is 0.0849. The van der Waals surface area contributed by atoms with E-state index in [4.69, 9.17) is 18.9 Å². The van der Waals surface area contributed by atoms with E-state index < -0.39 is 0 Å². The highest BCUT2D eigenvalue weighted by molar-refractivity contribution is 5.97. The molecule has 4 atom stereocenters. The van der Waals surface area contributed by atoms with Gasteiger partial charge < -0.3 is 23.8 Å². The Morgan fingerprint density at radius 1 is 0.962 bits per heavy atom. The van der Waals surface area contributed by atoms with Crippen LogP contribution in [-0.4, -0.2) is 56.6 Å². The third kappa shape index (κ3) is 2.09. The Balaban J connectivity index is 1.61. The molecule has 0 spiro atoms. The van der Waals surface area contributed by atoms with Gasteiger partial charge in [-0.2, -0.15) is 0 Å². The van der Waals surface area contributed by atoms with Crippen LogP contribution in [0.25, 0.3) is 10.9 Å². The molecule has 3 aliphatic heterocycles. The van der Waals surface area contributed by atoms with Crippen molar-refractivity contribution >= 4 is 16.7 Å². The number of nitrogens with zero attached hydrogens (tertiary/aromatic N) is 3. The number of ether oxygens (including phenoxy) is 4. The third-order valence-corrected chi connectivity index (χ3v) is 6.16. The average molecular weight is 357 g/mol. The van der Waals surface area contributed by atoms with Crippen molar-refractivity contribution in [3.63, 3.8) is 0 Å². The summed E-state index contributed by atoms with van der Waals surface area (Å²) < 4.78 is 22.7. The molecule has 0 radical (unpaired) electrons. The molecule has 2 bridgehead atoms. The molecule has 1 aromatic carbocycles. The fraction of sp³-hybridized carbons (Fsp3) is 0.579. The van der Waals surface area contributed by atoms with Gasteiger partial charge in [0, 0.05) is 24.9 Å². The molecule has 26 heavy (non-hydrogen) atoms. The van der Waals surface area contributed by atoms with E-state index >= 15 is 0 Å². The van der Waals surface area contributed by atoms with Crippen molar-refractivity contribution in [2.45, 2.75) is 25.0 Å². The fourth-order valence-electron chi connectivity index (χ4n) is 5.04. The topological polar surface area (TPSA) is 65.9 Å². The molecule has 7 nitrogen and oxygen atoms in total. The van der Waals surface area contributed by atoms with E-state index in [2.05, 4.69) is 14.9 Å². The standard InChI is InChI=1S/C19H23N3O4/c1-23-15-6-10-16(18(25-3)17(15)24-2)20-9-21-19(10)22-7-11-12(8-22)14-5-4-13(11)26-14/h6,9,11-14H,4-5,7-8H2,1-3H3/t11-,12+,13+,14-. The Morgan fingerprint density at radius 3 is 2.27 bits per heavy atom. The Morgan fingerprint density at radius 2 is 1.65 bits per heavy atom. The first-order valence-electron chi connectivity index (χ1n) is 9.09. The molecular weight excluding hydrogens is 334 g/mol. The van der Waals surface area contributed by atoms with Crippen LogP contribution in [0.5, 0.6) is 17.2 Å². The zero-order valence-electron chi connectivity index (χ0n) is 15.3. The van der Waals surface area contributed by atoms with Crippen LogP contribution in [0.3, 0.4) is 0 Å². The molecule has 0 aliphatic carbocycles. The molecule has 5 rings (SSSR count). The first-order chi connectivity index (χ1) is 12.7. The molecule has 7 heteroatoms. The number of hydrogen-bond acceptors (Lipinski definition) is 7. The van der Waals surface area contributed by atoms with Crippen LogP contribution < -0.4 is 19.1 Å². The van der Waals surface area contributed by atoms with Gasteiger partial charge in [0.15, 0.2) is 11.5 Å². The monoisotopic (exact) mass is 357 g/mol. The maximum absolute atomic E-state index is 6.10. The van der Waals surface area contributed by atoms with Crippen LogP contribution in [0.15, 0.2) is 12.4 Å². The van der Waals surface area contributed by atoms with Crippen molar-refractivity contribution in [3.05, 3.63) is 12.4 Å². The van der Waals surface area contributed by atoms with Crippen LogP contribution in [0.2, 0.25) is 0 Å². The number of fused-ring (bicyclic) bond motifs is 6. The van der Waals surface area contributed by atoms with Gasteiger partial charge in [-0.25, -0.2) is 9.97 Å². The highest BCUT2D eigenvalue weighted by Crippen LogP contribution is 2.49. The number of methoxy groups -OCH3 is 3. The van der Waals surface area contributed by atoms with Crippen LogP contribution in [-0.2, 0) is 4.74 Å². The second-order valence-corrected chi connectivity index (χ2v) is 7.26. The molecule has 3 fully saturated rings. The molecule has 3 saturated heterocycles. The summed E-state index contributed by atoms with van der Waals surface area (Å²) in [6.07, 6.45) is 4.84. The summed E-state index contributed by atoms with van der Waals surface area (Å²) >= 11 is 0. The van der Waals surface area contributed by atoms with Gasteiger partial charge in [0.2, 0.25) is 5.75 Å². The average Bonchev–Trinajstić information content (AvgIpc) is 3.38. The van der Waals surface area contributed by atoms with E-state index in [-0.39, 0.29) is 0 Å². The number of rotatable bonds is 4. The minimum Gasteiger partial charge on any atom is -0.493 e. The highest BCUT2D eigenvalue weighted by Gasteiger charge is 2.53. The summed E-state index contributed by atoms with van der Waals surface area (Å²) in [5.74, 6) is 3.91. The van der Waals surface area contributed by atoms with Crippen LogP contribution in [0, 0.1) is 11.8 Å². The number of hydrogen-bond donors (Lipinski definition) is 0. The van der Waals surface area contributed by atoms with Gasteiger partial charge in [-0.05, 0) is 18.9 Å². The van der Waals surface area contributed by atoms with E-state index in [1.807, 2.05) is 6.07 Å². The van der Waals surface area contributed by atoms with E-state index in [1.54, 1.807) is 27.7 Å². The first-order valence-corrected chi connectivity index (χ1v) is 9.09. The molecule has 0 saturated carbocycles. The zero-order valence-corrected chi connectivity index (χ0v) is 15.3. The van der Waals surface area contributed by atoms with Crippen molar-refractivity contribution < 1.29 is 18.9 Å². The molecule has 4 heterocycles. The van der Waals surface area contributed by atoms with E-state index in [1.165, 1.54) is 12.8 Å². The Bertz CT molecular complexity index is 840.